The van der Waals surface area contributed by atoms with Crippen LogP contribution in [0.15, 0.2) is 0 Å². The molecule has 0 amide bonds. The molecule has 0 aliphatic carbocycles. The fraction of sp³-hybridized carbons (Fsp3) is 1.00. The van der Waals surface area contributed by atoms with Crippen LogP contribution in [0.4, 0.5) is 0 Å². The zero-order chi connectivity index (χ0) is 9.19. The number of nitrogens with one attached hydrogen (secondary N) is 1. The van der Waals surface area contributed by atoms with Crippen LogP contribution >= 0.6 is 0 Å². The van der Waals surface area contributed by atoms with Crippen molar-refractivity contribution in [3.05, 3.63) is 0 Å². The fourth-order valence-electron chi connectivity index (χ4n) is 1.55. The van der Waals surface area contributed by atoms with Gasteiger partial charge in [0, 0.05) is 33.9 Å². The number of hydrogen-bond donors (Lipinski definition) is 1. The molecule has 0 aromatic rings. The molecule has 1 N–H and O–H groups in total. The van der Waals surface area contributed by atoms with Gasteiger partial charge in [-0.1, -0.05) is 0 Å². The van der Waals surface area contributed by atoms with Gasteiger partial charge in [-0.2, -0.15) is 0 Å². The molecule has 1 rings (SSSR count). The van der Waals surface area contributed by atoms with Gasteiger partial charge >= 0.3 is 0 Å². The van der Waals surface area contributed by atoms with Crippen molar-refractivity contribution in [2.75, 3.05) is 11.5 Å². The molecule has 0 aromatic carbocycles. The van der Waals surface area contributed by atoms with Gasteiger partial charge in [-0.05, 0) is 33.6 Å². The zero-order valence-corrected chi connectivity index (χ0v) is 9.04. The van der Waals surface area contributed by atoms with E-state index in [1.165, 1.54) is 0 Å². The molecule has 1 saturated heterocycles. The SMILES string of the molecule is CC(C)(C)NC1CCS(=O)CC1. The maximum Gasteiger partial charge on any atom is 0.0249 e. The second kappa shape index (κ2) is 3.88. The van der Waals surface area contributed by atoms with E-state index in [-0.39, 0.29) is 5.54 Å². The van der Waals surface area contributed by atoms with Crippen LogP contribution in [0.3, 0.4) is 0 Å². The van der Waals surface area contributed by atoms with Crippen LogP contribution in [-0.2, 0) is 10.8 Å². The van der Waals surface area contributed by atoms with E-state index >= 15 is 0 Å². The number of hydrogen-bond acceptors (Lipinski definition) is 2. The highest BCUT2D eigenvalue weighted by molar-refractivity contribution is 7.85. The van der Waals surface area contributed by atoms with Gasteiger partial charge in [0.05, 0.1) is 0 Å². The third-order valence-electron chi connectivity index (χ3n) is 2.03. The lowest BCUT2D eigenvalue weighted by atomic mass is 10.0. The topological polar surface area (TPSA) is 29.1 Å². The fourth-order valence-corrected chi connectivity index (χ4v) is 2.85. The molecule has 1 aliphatic heterocycles. The second-order valence-electron chi connectivity index (χ2n) is 4.52. The van der Waals surface area contributed by atoms with E-state index in [0.29, 0.717) is 6.04 Å². The van der Waals surface area contributed by atoms with E-state index in [2.05, 4.69) is 26.1 Å². The summed E-state index contributed by atoms with van der Waals surface area (Å²) in [5.74, 6) is 1.77. The van der Waals surface area contributed by atoms with Crippen LogP contribution < -0.4 is 5.32 Å². The highest BCUT2D eigenvalue weighted by Gasteiger charge is 2.21. The van der Waals surface area contributed by atoms with Crippen molar-refractivity contribution < 1.29 is 4.21 Å². The highest BCUT2D eigenvalue weighted by Crippen LogP contribution is 2.12. The molecule has 0 unspecified atom stereocenters. The van der Waals surface area contributed by atoms with Gasteiger partial charge in [0.2, 0.25) is 0 Å². The third kappa shape index (κ3) is 3.68. The molecule has 2 nitrogen and oxygen atoms in total. The molecule has 1 heterocycles. The lowest BCUT2D eigenvalue weighted by Crippen LogP contribution is -2.46. The smallest absolute Gasteiger partial charge is 0.0249 e. The van der Waals surface area contributed by atoms with Crippen LogP contribution in [0.5, 0.6) is 0 Å². The zero-order valence-electron chi connectivity index (χ0n) is 8.22. The van der Waals surface area contributed by atoms with Crippen molar-refractivity contribution >= 4 is 10.8 Å². The third-order valence-corrected chi connectivity index (χ3v) is 3.41. The summed E-state index contributed by atoms with van der Waals surface area (Å²) in [6.07, 6.45) is 2.15. The minimum atomic E-state index is -0.529. The van der Waals surface area contributed by atoms with E-state index in [1.54, 1.807) is 0 Å². The summed E-state index contributed by atoms with van der Waals surface area (Å²) in [4.78, 5) is 0. The van der Waals surface area contributed by atoms with E-state index in [1.807, 2.05) is 0 Å². The van der Waals surface area contributed by atoms with Crippen molar-refractivity contribution in [2.24, 2.45) is 0 Å². The minimum absolute atomic E-state index is 0.198. The Labute approximate surface area is 77.6 Å². The first kappa shape index (κ1) is 10.2. The van der Waals surface area contributed by atoms with Crippen LogP contribution in [0.25, 0.3) is 0 Å². The van der Waals surface area contributed by atoms with Crippen molar-refractivity contribution in [1.29, 1.82) is 0 Å². The number of rotatable bonds is 1. The molecular formula is C9H19NOS. The Morgan fingerprint density at radius 2 is 1.75 bits per heavy atom. The van der Waals surface area contributed by atoms with Crippen LogP contribution in [0.2, 0.25) is 0 Å². The van der Waals surface area contributed by atoms with Crippen LogP contribution in [0.1, 0.15) is 33.6 Å². The molecule has 0 atom stereocenters. The average molecular weight is 189 g/mol. The molecule has 12 heavy (non-hydrogen) atoms. The van der Waals surface area contributed by atoms with Gasteiger partial charge in [0.1, 0.15) is 0 Å². The summed E-state index contributed by atoms with van der Waals surface area (Å²) in [7, 11) is -0.529. The standard InChI is InChI=1S/C9H19NOS/c1-9(2,3)10-8-4-6-12(11)7-5-8/h8,10H,4-7H2,1-3H3. The molecule has 0 aromatic heterocycles. The van der Waals surface area contributed by atoms with Gasteiger partial charge < -0.3 is 5.32 Å². The molecule has 1 aliphatic rings. The molecule has 0 radical (unpaired) electrons. The van der Waals surface area contributed by atoms with Crippen molar-refractivity contribution in [1.82, 2.24) is 5.32 Å². The largest absolute Gasteiger partial charge is 0.309 e. The van der Waals surface area contributed by atoms with Crippen LogP contribution in [-0.4, -0.2) is 27.3 Å². The second-order valence-corrected chi connectivity index (χ2v) is 6.21. The summed E-state index contributed by atoms with van der Waals surface area (Å²) in [5.41, 5.74) is 0.198. The van der Waals surface area contributed by atoms with E-state index in [0.717, 1.165) is 24.3 Å². The first-order chi connectivity index (χ1) is 5.47. The van der Waals surface area contributed by atoms with Gasteiger partial charge in [-0.25, -0.2) is 0 Å². The maximum atomic E-state index is 11.1. The first-order valence-corrected chi connectivity index (χ1v) is 6.09. The Balaban J connectivity index is 2.31. The summed E-state index contributed by atoms with van der Waals surface area (Å²) in [5, 5.41) is 3.54. The Bertz CT molecular complexity index is 164. The molecule has 0 bridgehead atoms. The molecule has 1 fully saturated rings. The van der Waals surface area contributed by atoms with E-state index < -0.39 is 10.8 Å². The molecule has 0 spiro atoms. The monoisotopic (exact) mass is 189 g/mol. The summed E-state index contributed by atoms with van der Waals surface area (Å²) in [6, 6.07) is 0.586. The molecule has 72 valence electrons. The molecular weight excluding hydrogens is 170 g/mol. The van der Waals surface area contributed by atoms with Crippen molar-refractivity contribution in [3.63, 3.8) is 0 Å². The van der Waals surface area contributed by atoms with Crippen molar-refractivity contribution in [3.8, 4) is 0 Å². The lowest BCUT2D eigenvalue weighted by molar-refractivity contribution is 0.343. The predicted molar refractivity (Wildman–Crippen MR) is 53.8 cm³/mol. The van der Waals surface area contributed by atoms with E-state index in [4.69, 9.17) is 0 Å². The Hall–Kier alpha value is 0.110. The Morgan fingerprint density at radius 3 is 2.17 bits per heavy atom. The Kier molecular flexibility index (Phi) is 3.29. The quantitative estimate of drug-likeness (QED) is 0.673. The summed E-state index contributed by atoms with van der Waals surface area (Å²) < 4.78 is 11.1. The van der Waals surface area contributed by atoms with Gasteiger partial charge in [-0.15, -0.1) is 0 Å². The first-order valence-electron chi connectivity index (χ1n) is 4.60. The highest BCUT2D eigenvalue weighted by atomic mass is 32.2. The predicted octanol–water partition coefficient (Wildman–Crippen LogP) is 1.29. The van der Waals surface area contributed by atoms with Gasteiger partial charge in [0.25, 0.3) is 0 Å². The minimum Gasteiger partial charge on any atom is -0.309 e. The van der Waals surface area contributed by atoms with Gasteiger partial charge in [-0.3, -0.25) is 4.21 Å². The van der Waals surface area contributed by atoms with Crippen LogP contribution in [0, 0.1) is 0 Å². The summed E-state index contributed by atoms with van der Waals surface area (Å²) >= 11 is 0. The van der Waals surface area contributed by atoms with E-state index in [9.17, 15) is 4.21 Å². The Morgan fingerprint density at radius 1 is 1.25 bits per heavy atom. The van der Waals surface area contributed by atoms with Gasteiger partial charge in [0.15, 0.2) is 0 Å². The summed E-state index contributed by atoms with van der Waals surface area (Å²) in [6.45, 7) is 6.54. The van der Waals surface area contributed by atoms with Crippen molar-refractivity contribution in [2.45, 2.75) is 45.2 Å². The molecule has 0 saturated carbocycles. The lowest BCUT2D eigenvalue weighted by Gasteiger charge is -2.30. The molecule has 3 heteroatoms. The normalized spacial score (nSPS) is 31.9. The maximum absolute atomic E-state index is 11.1. The average Bonchev–Trinajstić information content (AvgIpc) is 1.91.